The second kappa shape index (κ2) is 11.5. The van der Waals surface area contributed by atoms with Crippen LogP contribution in [0.4, 0.5) is 0 Å². The zero-order chi connectivity index (χ0) is 26.5. The van der Waals surface area contributed by atoms with Crippen molar-refractivity contribution < 1.29 is 33.6 Å². The average Bonchev–Trinajstić information content (AvgIpc) is 3.38. The molecule has 0 spiro atoms. The van der Waals surface area contributed by atoms with Crippen molar-refractivity contribution in [1.29, 1.82) is 0 Å². The SMILES string of the molecule is COCC#Cc1cnc2c(c1)C(=O)N([C@H](C)CO)C[C@@H](C)[C@H](CN(C)C(=O)c1ccc3c(c1)OCO3)O2. The van der Waals surface area contributed by atoms with Crippen LogP contribution in [-0.4, -0.2) is 91.1 Å². The van der Waals surface area contributed by atoms with Crippen LogP contribution < -0.4 is 14.2 Å². The molecule has 10 nitrogen and oxygen atoms in total. The quantitative estimate of drug-likeness (QED) is 0.587. The summed E-state index contributed by atoms with van der Waals surface area (Å²) in [6.45, 7) is 4.50. The number of aliphatic hydroxyl groups excluding tert-OH is 1. The van der Waals surface area contributed by atoms with Crippen molar-refractivity contribution in [2.45, 2.75) is 26.0 Å². The van der Waals surface area contributed by atoms with Crippen LogP contribution in [0.5, 0.6) is 17.4 Å². The molecule has 0 radical (unpaired) electrons. The fraction of sp³-hybridized carbons (Fsp3) is 0.444. The minimum atomic E-state index is -0.471. The molecule has 3 heterocycles. The van der Waals surface area contributed by atoms with E-state index >= 15 is 0 Å². The van der Waals surface area contributed by atoms with Gasteiger partial charge >= 0.3 is 0 Å². The minimum absolute atomic E-state index is 0.129. The summed E-state index contributed by atoms with van der Waals surface area (Å²) in [5, 5.41) is 9.83. The first-order valence-corrected chi connectivity index (χ1v) is 12.0. The lowest BCUT2D eigenvalue weighted by atomic mass is 9.99. The summed E-state index contributed by atoms with van der Waals surface area (Å²) in [5.41, 5.74) is 1.27. The van der Waals surface area contributed by atoms with Crippen molar-refractivity contribution in [3.05, 3.63) is 47.2 Å². The van der Waals surface area contributed by atoms with Crippen LogP contribution in [0.15, 0.2) is 30.5 Å². The van der Waals surface area contributed by atoms with Gasteiger partial charge in [-0.1, -0.05) is 18.8 Å². The van der Waals surface area contributed by atoms with Crippen molar-refractivity contribution in [3.8, 4) is 29.2 Å². The van der Waals surface area contributed by atoms with E-state index in [1.807, 2.05) is 6.92 Å². The fourth-order valence-corrected chi connectivity index (χ4v) is 4.20. The number of benzene rings is 1. The zero-order valence-corrected chi connectivity index (χ0v) is 21.4. The van der Waals surface area contributed by atoms with Crippen molar-refractivity contribution in [3.63, 3.8) is 0 Å². The van der Waals surface area contributed by atoms with Crippen LogP contribution >= 0.6 is 0 Å². The van der Waals surface area contributed by atoms with Crippen LogP contribution in [0.25, 0.3) is 0 Å². The maximum Gasteiger partial charge on any atom is 0.259 e. The number of fused-ring (bicyclic) bond motifs is 2. The topological polar surface area (TPSA) is 111 Å². The Hall–Kier alpha value is -3.81. The molecule has 0 saturated carbocycles. The summed E-state index contributed by atoms with van der Waals surface area (Å²) < 4.78 is 22.0. The molecular weight excluding hydrogens is 478 g/mol. The lowest BCUT2D eigenvalue weighted by Gasteiger charge is -2.37. The van der Waals surface area contributed by atoms with Crippen LogP contribution in [0.2, 0.25) is 0 Å². The van der Waals surface area contributed by atoms with Gasteiger partial charge in [0.2, 0.25) is 12.7 Å². The third kappa shape index (κ3) is 5.79. The van der Waals surface area contributed by atoms with E-state index in [4.69, 9.17) is 18.9 Å². The maximum atomic E-state index is 13.5. The Bertz CT molecular complexity index is 1220. The molecule has 0 unspecified atom stereocenters. The lowest BCUT2D eigenvalue weighted by molar-refractivity contribution is 0.0313. The second-order valence-electron chi connectivity index (χ2n) is 9.19. The van der Waals surface area contributed by atoms with Gasteiger partial charge in [0.15, 0.2) is 11.5 Å². The number of nitrogens with zero attached hydrogens (tertiary/aromatic N) is 3. The highest BCUT2D eigenvalue weighted by Crippen LogP contribution is 2.33. The normalized spacial score (nSPS) is 19.1. The number of amides is 2. The fourth-order valence-electron chi connectivity index (χ4n) is 4.20. The lowest BCUT2D eigenvalue weighted by Crippen LogP contribution is -2.50. The molecule has 4 rings (SSSR count). The first-order valence-electron chi connectivity index (χ1n) is 12.0. The Labute approximate surface area is 216 Å². The summed E-state index contributed by atoms with van der Waals surface area (Å²) in [4.78, 5) is 34.3. The van der Waals surface area contributed by atoms with Gasteiger partial charge in [-0.2, -0.15) is 0 Å². The number of aromatic nitrogens is 1. The number of carbonyl (C=O) groups excluding carboxylic acids is 2. The average molecular weight is 510 g/mol. The highest BCUT2D eigenvalue weighted by Gasteiger charge is 2.35. The first-order chi connectivity index (χ1) is 17.8. The molecule has 37 heavy (non-hydrogen) atoms. The molecule has 1 aromatic carbocycles. The van der Waals surface area contributed by atoms with Gasteiger partial charge in [-0.3, -0.25) is 9.59 Å². The molecule has 0 aliphatic carbocycles. The number of ether oxygens (including phenoxy) is 4. The predicted octanol–water partition coefficient (Wildman–Crippen LogP) is 1.80. The van der Waals surface area contributed by atoms with E-state index in [1.54, 1.807) is 61.3 Å². The minimum Gasteiger partial charge on any atom is -0.472 e. The van der Waals surface area contributed by atoms with E-state index in [0.717, 1.165) is 0 Å². The van der Waals surface area contributed by atoms with Gasteiger partial charge in [-0.15, -0.1) is 0 Å². The number of methoxy groups -OCH3 is 1. The number of pyridine rings is 1. The highest BCUT2D eigenvalue weighted by molar-refractivity contribution is 5.97. The van der Waals surface area contributed by atoms with E-state index < -0.39 is 12.1 Å². The van der Waals surface area contributed by atoms with Crippen LogP contribution in [0.3, 0.4) is 0 Å². The van der Waals surface area contributed by atoms with Gasteiger partial charge in [0.25, 0.3) is 11.8 Å². The third-order valence-electron chi connectivity index (χ3n) is 6.39. The summed E-state index contributed by atoms with van der Waals surface area (Å²) in [5.74, 6) is 6.42. The van der Waals surface area contributed by atoms with Gasteiger partial charge in [0.1, 0.15) is 18.3 Å². The Balaban J connectivity index is 1.61. The van der Waals surface area contributed by atoms with Gasteiger partial charge < -0.3 is 33.9 Å². The highest BCUT2D eigenvalue weighted by atomic mass is 16.7. The standard InChI is InChI=1S/C27H31N3O7/c1-17-13-30(18(2)15-31)27(33)21-10-19(6-5-9-34-4)12-28-25(21)37-24(17)14-29(3)26(32)20-7-8-22-23(11-20)36-16-35-22/h7-8,10-12,17-18,24,31H,9,13-16H2,1-4H3/t17-,18-,24+/m1/s1. The van der Waals surface area contributed by atoms with Gasteiger partial charge in [0.05, 0.1) is 19.2 Å². The van der Waals surface area contributed by atoms with Crippen molar-refractivity contribution in [2.24, 2.45) is 5.92 Å². The number of hydrogen-bond donors (Lipinski definition) is 1. The first kappa shape index (κ1) is 26.3. The maximum absolute atomic E-state index is 13.5. The van der Waals surface area contributed by atoms with E-state index in [0.29, 0.717) is 29.2 Å². The van der Waals surface area contributed by atoms with Gasteiger partial charge in [0, 0.05) is 43.9 Å². The molecule has 1 N–H and O–H groups in total. The van der Waals surface area contributed by atoms with Crippen LogP contribution in [-0.2, 0) is 4.74 Å². The number of carbonyl (C=O) groups is 2. The molecule has 1 aromatic heterocycles. The van der Waals surface area contributed by atoms with E-state index in [-0.39, 0.29) is 55.7 Å². The van der Waals surface area contributed by atoms with Crippen molar-refractivity contribution in [2.75, 3.05) is 47.3 Å². The molecular formula is C27H31N3O7. The Morgan fingerprint density at radius 3 is 2.86 bits per heavy atom. The molecule has 2 aliphatic heterocycles. The number of rotatable bonds is 6. The van der Waals surface area contributed by atoms with Crippen LogP contribution in [0.1, 0.15) is 40.1 Å². The van der Waals surface area contributed by atoms with Crippen molar-refractivity contribution >= 4 is 11.8 Å². The number of likely N-dealkylation sites (N-methyl/N-ethyl adjacent to an activating group) is 1. The second-order valence-corrected chi connectivity index (χ2v) is 9.19. The van der Waals surface area contributed by atoms with E-state index in [9.17, 15) is 14.7 Å². The van der Waals surface area contributed by atoms with E-state index in [1.165, 1.54) is 0 Å². The molecule has 196 valence electrons. The molecule has 10 heteroatoms. The Morgan fingerprint density at radius 2 is 2.11 bits per heavy atom. The smallest absolute Gasteiger partial charge is 0.259 e. The van der Waals surface area contributed by atoms with E-state index in [2.05, 4.69) is 16.8 Å². The van der Waals surface area contributed by atoms with Crippen molar-refractivity contribution in [1.82, 2.24) is 14.8 Å². The monoisotopic (exact) mass is 509 g/mol. The summed E-state index contributed by atoms with van der Waals surface area (Å²) in [7, 11) is 3.25. The molecule has 0 bridgehead atoms. The third-order valence-corrected chi connectivity index (χ3v) is 6.39. The molecule has 0 fully saturated rings. The van der Waals surface area contributed by atoms with Crippen LogP contribution in [0, 0.1) is 17.8 Å². The summed E-state index contributed by atoms with van der Waals surface area (Å²) >= 11 is 0. The Morgan fingerprint density at radius 1 is 1.32 bits per heavy atom. The van der Waals surface area contributed by atoms with Gasteiger partial charge in [-0.25, -0.2) is 4.98 Å². The molecule has 2 aromatic rings. The van der Waals surface area contributed by atoms with Gasteiger partial charge in [-0.05, 0) is 31.2 Å². The zero-order valence-electron chi connectivity index (χ0n) is 21.4. The summed E-state index contributed by atoms with van der Waals surface area (Å²) in [6, 6.07) is 6.29. The predicted molar refractivity (Wildman–Crippen MR) is 134 cm³/mol. The Kier molecular flexibility index (Phi) is 8.16. The number of aliphatic hydroxyl groups is 1. The molecule has 3 atom stereocenters. The molecule has 2 amide bonds. The molecule has 2 aliphatic rings. The number of hydrogen-bond acceptors (Lipinski definition) is 8. The largest absolute Gasteiger partial charge is 0.472 e. The summed E-state index contributed by atoms with van der Waals surface area (Å²) in [6.07, 6.45) is 1.07. The molecule has 0 saturated heterocycles.